The summed E-state index contributed by atoms with van der Waals surface area (Å²) in [6.07, 6.45) is 1.01. The molecular formula is C20H22N2O4. The third-order valence-corrected chi connectivity index (χ3v) is 4.65. The number of anilines is 2. The fourth-order valence-electron chi connectivity index (χ4n) is 3.15. The Hall–Kier alpha value is -3.02. The van der Waals surface area contributed by atoms with Gasteiger partial charge in [0.15, 0.2) is 0 Å². The van der Waals surface area contributed by atoms with E-state index in [0.29, 0.717) is 24.9 Å². The number of hydrogen-bond acceptors (Lipinski definition) is 5. The van der Waals surface area contributed by atoms with Gasteiger partial charge < -0.3 is 19.7 Å². The van der Waals surface area contributed by atoms with Gasteiger partial charge in [0.2, 0.25) is 5.91 Å². The molecule has 1 aliphatic heterocycles. The quantitative estimate of drug-likeness (QED) is 0.836. The van der Waals surface area contributed by atoms with E-state index in [-0.39, 0.29) is 5.91 Å². The molecule has 0 spiro atoms. The standard InChI is InChI=1S/C20H22N2O4/c1-22-17-10-8-16(20(24)26-3)19(15(17)9-11-18(22)23)21-12-13-4-6-14(25-2)7-5-13/h4-8,10,21H,9,11-12H2,1-3H3. The summed E-state index contributed by atoms with van der Waals surface area (Å²) in [5, 5.41) is 3.37. The van der Waals surface area contributed by atoms with Crippen molar-refractivity contribution in [2.24, 2.45) is 0 Å². The lowest BCUT2D eigenvalue weighted by atomic mass is 9.96. The third-order valence-electron chi connectivity index (χ3n) is 4.65. The van der Waals surface area contributed by atoms with Crippen molar-refractivity contribution in [2.45, 2.75) is 19.4 Å². The summed E-state index contributed by atoms with van der Waals surface area (Å²) in [4.78, 5) is 25.8. The Morgan fingerprint density at radius 3 is 2.50 bits per heavy atom. The van der Waals surface area contributed by atoms with Crippen LogP contribution in [0.1, 0.15) is 27.9 Å². The molecule has 6 heteroatoms. The van der Waals surface area contributed by atoms with Crippen LogP contribution in [0.5, 0.6) is 5.75 Å². The molecule has 0 saturated heterocycles. The Kier molecular flexibility index (Phi) is 5.11. The average Bonchev–Trinajstić information content (AvgIpc) is 2.68. The van der Waals surface area contributed by atoms with Crippen LogP contribution < -0.4 is 15.0 Å². The van der Waals surface area contributed by atoms with Crippen molar-refractivity contribution in [3.63, 3.8) is 0 Å². The van der Waals surface area contributed by atoms with Gasteiger partial charge in [0, 0.05) is 31.3 Å². The number of nitrogens with one attached hydrogen (secondary N) is 1. The van der Waals surface area contributed by atoms with Crippen LogP contribution in [0.25, 0.3) is 0 Å². The fraction of sp³-hybridized carbons (Fsp3) is 0.300. The SMILES string of the molecule is COC(=O)c1ccc2c(c1NCc1ccc(OC)cc1)CCC(=O)N2C. The van der Waals surface area contributed by atoms with E-state index in [1.165, 1.54) is 7.11 Å². The van der Waals surface area contributed by atoms with E-state index in [4.69, 9.17) is 9.47 Å². The van der Waals surface area contributed by atoms with Gasteiger partial charge in [0.1, 0.15) is 5.75 Å². The number of benzene rings is 2. The molecule has 1 N–H and O–H groups in total. The minimum Gasteiger partial charge on any atom is -0.497 e. The Bertz CT molecular complexity index is 830. The molecule has 0 fully saturated rings. The van der Waals surface area contributed by atoms with Gasteiger partial charge in [-0.05, 0) is 36.2 Å². The lowest BCUT2D eigenvalue weighted by molar-refractivity contribution is -0.118. The summed E-state index contributed by atoms with van der Waals surface area (Å²) in [5.74, 6) is 0.468. The molecule has 0 aliphatic carbocycles. The first-order valence-corrected chi connectivity index (χ1v) is 8.42. The highest BCUT2D eigenvalue weighted by Gasteiger charge is 2.26. The van der Waals surface area contributed by atoms with Gasteiger partial charge >= 0.3 is 5.97 Å². The summed E-state index contributed by atoms with van der Waals surface area (Å²) in [6, 6.07) is 11.2. The van der Waals surface area contributed by atoms with E-state index in [1.807, 2.05) is 24.3 Å². The first-order chi connectivity index (χ1) is 12.5. The van der Waals surface area contributed by atoms with Crippen molar-refractivity contribution >= 4 is 23.3 Å². The van der Waals surface area contributed by atoms with E-state index in [0.717, 1.165) is 28.3 Å². The van der Waals surface area contributed by atoms with Gasteiger partial charge in [-0.1, -0.05) is 12.1 Å². The number of carbonyl (C=O) groups excluding carboxylic acids is 2. The van der Waals surface area contributed by atoms with Crippen LogP contribution in [0.15, 0.2) is 36.4 Å². The number of methoxy groups -OCH3 is 2. The molecule has 1 heterocycles. The Balaban J connectivity index is 1.94. The predicted molar refractivity (Wildman–Crippen MR) is 99.8 cm³/mol. The van der Waals surface area contributed by atoms with Gasteiger partial charge in [-0.3, -0.25) is 4.79 Å². The van der Waals surface area contributed by atoms with Crippen LogP contribution in [0.2, 0.25) is 0 Å². The smallest absolute Gasteiger partial charge is 0.339 e. The molecular weight excluding hydrogens is 332 g/mol. The van der Waals surface area contributed by atoms with Gasteiger partial charge in [0.25, 0.3) is 0 Å². The summed E-state index contributed by atoms with van der Waals surface area (Å²) < 4.78 is 10.1. The molecule has 1 amide bonds. The minimum absolute atomic E-state index is 0.0735. The number of nitrogens with zero attached hydrogens (tertiary/aromatic N) is 1. The Morgan fingerprint density at radius 1 is 1.12 bits per heavy atom. The third kappa shape index (κ3) is 3.35. The van der Waals surface area contributed by atoms with E-state index < -0.39 is 5.97 Å². The highest BCUT2D eigenvalue weighted by Crippen LogP contribution is 2.36. The van der Waals surface area contributed by atoms with Crippen molar-refractivity contribution in [3.05, 3.63) is 53.1 Å². The van der Waals surface area contributed by atoms with E-state index >= 15 is 0 Å². The molecule has 0 atom stereocenters. The molecule has 1 aliphatic rings. The topological polar surface area (TPSA) is 67.9 Å². The van der Waals surface area contributed by atoms with Crippen LogP contribution in [-0.2, 0) is 22.5 Å². The number of ether oxygens (including phenoxy) is 2. The summed E-state index contributed by atoms with van der Waals surface area (Å²) in [7, 11) is 4.75. The highest BCUT2D eigenvalue weighted by atomic mass is 16.5. The second-order valence-electron chi connectivity index (χ2n) is 6.13. The van der Waals surface area contributed by atoms with Crippen LogP contribution >= 0.6 is 0 Å². The Labute approximate surface area is 152 Å². The number of fused-ring (bicyclic) bond motifs is 1. The minimum atomic E-state index is -0.399. The van der Waals surface area contributed by atoms with Gasteiger partial charge in [-0.2, -0.15) is 0 Å². The van der Waals surface area contributed by atoms with E-state index in [9.17, 15) is 9.59 Å². The molecule has 0 saturated carbocycles. The maximum Gasteiger partial charge on any atom is 0.339 e. The molecule has 2 aromatic carbocycles. The zero-order valence-corrected chi connectivity index (χ0v) is 15.2. The molecule has 0 aromatic heterocycles. The number of esters is 1. The monoisotopic (exact) mass is 354 g/mol. The molecule has 0 unspecified atom stereocenters. The summed E-state index contributed by atoms with van der Waals surface area (Å²) in [5.41, 5.74) is 4.04. The molecule has 136 valence electrons. The maximum atomic E-state index is 12.2. The average molecular weight is 354 g/mol. The van der Waals surface area contributed by atoms with Crippen LogP contribution in [0.4, 0.5) is 11.4 Å². The van der Waals surface area contributed by atoms with Crippen molar-refractivity contribution in [3.8, 4) is 5.75 Å². The molecule has 26 heavy (non-hydrogen) atoms. The molecule has 6 nitrogen and oxygen atoms in total. The van der Waals surface area contributed by atoms with Crippen molar-refractivity contribution in [2.75, 3.05) is 31.5 Å². The van der Waals surface area contributed by atoms with Gasteiger partial charge in [0.05, 0.1) is 25.5 Å². The number of rotatable bonds is 5. The predicted octanol–water partition coefficient (Wildman–Crippen LogP) is 3.00. The molecule has 0 radical (unpaired) electrons. The summed E-state index contributed by atoms with van der Waals surface area (Å²) in [6.45, 7) is 0.544. The summed E-state index contributed by atoms with van der Waals surface area (Å²) >= 11 is 0. The molecule has 3 rings (SSSR count). The fourth-order valence-corrected chi connectivity index (χ4v) is 3.15. The van der Waals surface area contributed by atoms with Gasteiger partial charge in [-0.15, -0.1) is 0 Å². The second-order valence-corrected chi connectivity index (χ2v) is 6.13. The first kappa shape index (κ1) is 17.8. The zero-order chi connectivity index (χ0) is 18.7. The van der Waals surface area contributed by atoms with Crippen LogP contribution in [-0.4, -0.2) is 33.1 Å². The van der Waals surface area contributed by atoms with E-state index in [2.05, 4.69) is 5.32 Å². The number of amides is 1. The van der Waals surface area contributed by atoms with Crippen molar-refractivity contribution in [1.29, 1.82) is 0 Å². The van der Waals surface area contributed by atoms with Gasteiger partial charge in [-0.25, -0.2) is 4.79 Å². The molecule has 0 bridgehead atoms. The zero-order valence-electron chi connectivity index (χ0n) is 15.2. The lowest BCUT2D eigenvalue weighted by Crippen LogP contribution is -2.32. The van der Waals surface area contributed by atoms with Crippen LogP contribution in [0.3, 0.4) is 0 Å². The largest absolute Gasteiger partial charge is 0.497 e. The highest BCUT2D eigenvalue weighted by molar-refractivity contribution is 6.02. The lowest BCUT2D eigenvalue weighted by Gasteiger charge is -2.29. The second kappa shape index (κ2) is 7.47. The maximum absolute atomic E-state index is 12.2. The first-order valence-electron chi connectivity index (χ1n) is 8.42. The van der Waals surface area contributed by atoms with E-state index in [1.54, 1.807) is 31.2 Å². The normalized spacial score (nSPS) is 13.2. The van der Waals surface area contributed by atoms with Crippen molar-refractivity contribution in [1.82, 2.24) is 0 Å². The van der Waals surface area contributed by atoms with Crippen LogP contribution in [0, 0.1) is 0 Å². The molecule has 2 aromatic rings. The Morgan fingerprint density at radius 2 is 1.85 bits per heavy atom. The number of hydrogen-bond donors (Lipinski definition) is 1. The number of carbonyl (C=O) groups is 2. The van der Waals surface area contributed by atoms with Crippen molar-refractivity contribution < 1.29 is 19.1 Å².